The van der Waals surface area contributed by atoms with Crippen LogP contribution in [-0.2, 0) is 9.59 Å². The van der Waals surface area contributed by atoms with Crippen molar-refractivity contribution in [3.63, 3.8) is 0 Å². The monoisotopic (exact) mass is 379 g/mol. The summed E-state index contributed by atoms with van der Waals surface area (Å²) in [5, 5.41) is 11.7. The third kappa shape index (κ3) is 3.74. The van der Waals surface area contributed by atoms with Crippen molar-refractivity contribution in [1.82, 2.24) is 5.32 Å². The smallest absolute Gasteiger partial charge is 0.330 e. The molecule has 3 atom stereocenters. The lowest BCUT2D eigenvalue weighted by atomic mass is 10.0. The largest absolute Gasteiger partial charge is 0.494 e. The Kier molecular flexibility index (Phi) is 5.07. The van der Waals surface area contributed by atoms with Gasteiger partial charge in [0.25, 0.3) is 0 Å². The van der Waals surface area contributed by atoms with Crippen molar-refractivity contribution >= 4 is 11.9 Å². The highest BCUT2D eigenvalue weighted by molar-refractivity contribution is 5.88. The number of halogens is 3. The van der Waals surface area contributed by atoms with Gasteiger partial charge in [0.1, 0.15) is 0 Å². The molecular formula is C19H16F3NO4. The molecule has 1 aliphatic rings. The molecule has 0 aliphatic heterocycles. The van der Waals surface area contributed by atoms with Gasteiger partial charge in [-0.1, -0.05) is 18.2 Å². The molecule has 1 aliphatic carbocycles. The van der Waals surface area contributed by atoms with Crippen molar-refractivity contribution in [3.8, 4) is 5.75 Å². The first-order valence-electron chi connectivity index (χ1n) is 8.14. The van der Waals surface area contributed by atoms with Crippen LogP contribution in [0.2, 0.25) is 0 Å². The fourth-order valence-corrected chi connectivity index (χ4v) is 3.03. The molecule has 3 rings (SSSR count). The summed E-state index contributed by atoms with van der Waals surface area (Å²) in [5.41, 5.74) is 0.112. The average molecular weight is 379 g/mol. The zero-order valence-corrected chi connectivity index (χ0v) is 14.2. The van der Waals surface area contributed by atoms with Crippen LogP contribution in [0.5, 0.6) is 5.75 Å². The number of carbonyl (C=O) groups excluding carboxylic acids is 1. The SMILES string of the molecule is COc1ccc(C(NC(=O)C2CC2c2cccc(F)c2F)C(=O)O)cc1F. The van der Waals surface area contributed by atoms with Crippen LogP contribution in [0.3, 0.4) is 0 Å². The predicted molar refractivity (Wildman–Crippen MR) is 88.7 cm³/mol. The van der Waals surface area contributed by atoms with E-state index in [9.17, 15) is 27.9 Å². The maximum Gasteiger partial charge on any atom is 0.330 e. The molecular weight excluding hydrogens is 363 g/mol. The second-order valence-corrected chi connectivity index (χ2v) is 6.27. The minimum atomic E-state index is -1.48. The van der Waals surface area contributed by atoms with Gasteiger partial charge < -0.3 is 15.2 Å². The predicted octanol–water partition coefficient (Wildman–Crippen LogP) is 3.16. The number of benzene rings is 2. The van der Waals surface area contributed by atoms with Gasteiger partial charge in [-0.25, -0.2) is 18.0 Å². The van der Waals surface area contributed by atoms with E-state index in [4.69, 9.17) is 4.74 Å². The lowest BCUT2D eigenvalue weighted by Gasteiger charge is -2.16. The number of nitrogens with one attached hydrogen (secondary N) is 1. The second kappa shape index (κ2) is 7.30. The molecule has 0 spiro atoms. The topological polar surface area (TPSA) is 75.6 Å². The number of ether oxygens (including phenoxy) is 1. The van der Waals surface area contributed by atoms with Crippen LogP contribution in [0.1, 0.15) is 29.5 Å². The van der Waals surface area contributed by atoms with Crippen LogP contribution in [0, 0.1) is 23.4 Å². The van der Waals surface area contributed by atoms with Crippen molar-refractivity contribution < 1.29 is 32.6 Å². The van der Waals surface area contributed by atoms with E-state index in [1.54, 1.807) is 0 Å². The Labute approximate surface area is 152 Å². The van der Waals surface area contributed by atoms with Gasteiger partial charge in [-0.15, -0.1) is 0 Å². The summed E-state index contributed by atoms with van der Waals surface area (Å²) in [6.07, 6.45) is 0.273. The van der Waals surface area contributed by atoms with E-state index in [0.717, 1.165) is 12.1 Å². The molecule has 8 heteroatoms. The Hall–Kier alpha value is -3.03. The van der Waals surface area contributed by atoms with E-state index in [1.807, 2.05) is 0 Å². The number of amides is 1. The molecule has 1 fully saturated rings. The Balaban J connectivity index is 1.74. The number of rotatable bonds is 6. The van der Waals surface area contributed by atoms with Crippen LogP contribution < -0.4 is 10.1 Å². The normalized spacial score (nSPS) is 19.3. The van der Waals surface area contributed by atoms with Gasteiger partial charge in [-0.3, -0.25) is 4.79 Å². The summed E-state index contributed by atoms with van der Waals surface area (Å²) in [4.78, 5) is 23.9. The molecule has 2 N–H and O–H groups in total. The summed E-state index contributed by atoms with van der Waals surface area (Å²) >= 11 is 0. The van der Waals surface area contributed by atoms with E-state index < -0.39 is 47.2 Å². The van der Waals surface area contributed by atoms with Gasteiger partial charge in [0.15, 0.2) is 29.2 Å². The lowest BCUT2D eigenvalue weighted by Crippen LogP contribution is -2.35. The van der Waals surface area contributed by atoms with Crippen LogP contribution in [0.15, 0.2) is 36.4 Å². The highest BCUT2D eigenvalue weighted by Crippen LogP contribution is 2.48. The molecule has 0 heterocycles. The average Bonchev–Trinajstić information content (AvgIpc) is 3.42. The van der Waals surface area contributed by atoms with E-state index in [-0.39, 0.29) is 23.3 Å². The number of carbonyl (C=O) groups is 2. The standard InChI is InChI=1S/C19H16F3NO4/c1-27-15-6-5-9(7-14(15)21)17(19(25)26)23-18(24)12-8-11(12)10-3-2-4-13(20)16(10)22/h2-7,11-12,17H,8H2,1H3,(H,23,24)(H,25,26). The highest BCUT2D eigenvalue weighted by Gasteiger charge is 2.46. The first-order valence-corrected chi connectivity index (χ1v) is 8.14. The molecule has 5 nitrogen and oxygen atoms in total. The van der Waals surface area contributed by atoms with Gasteiger partial charge >= 0.3 is 5.97 Å². The highest BCUT2D eigenvalue weighted by atomic mass is 19.2. The van der Waals surface area contributed by atoms with Gasteiger partial charge in [-0.05, 0) is 41.7 Å². The van der Waals surface area contributed by atoms with Crippen molar-refractivity contribution in [2.24, 2.45) is 5.92 Å². The summed E-state index contributed by atoms with van der Waals surface area (Å²) in [5.74, 6) is -6.02. The Morgan fingerprint density at radius 3 is 2.56 bits per heavy atom. The number of hydrogen-bond donors (Lipinski definition) is 2. The minimum absolute atomic E-state index is 0.0308. The first-order chi connectivity index (χ1) is 12.8. The molecule has 1 saturated carbocycles. The zero-order valence-electron chi connectivity index (χ0n) is 14.2. The molecule has 2 aromatic rings. The number of aliphatic carboxylic acids is 1. The third-order valence-corrected chi connectivity index (χ3v) is 4.55. The molecule has 2 aromatic carbocycles. The quantitative estimate of drug-likeness (QED) is 0.809. The molecule has 0 radical (unpaired) electrons. The Bertz CT molecular complexity index is 903. The molecule has 0 bridgehead atoms. The lowest BCUT2D eigenvalue weighted by molar-refractivity contribution is -0.142. The van der Waals surface area contributed by atoms with E-state index >= 15 is 0 Å². The fraction of sp³-hybridized carbons (Fsp3) is 0.263. The number of carboxylic acid groups (broad SMARTS) is 1. The van der Waals surface area contributed by atoms with Crippen molar-refractivity contribution in [2.45, 2.75) is 18.4 Å². The minimum Gasteiger partial charge on any atom is -0.494 e. The summed E-state index contributed by atoms with van der Waals surface area (Å²) in [6, 6.07) is 5.80. The van der Waals surface area contributed by atoms with Gasteiger partial charge in [-0.2, -0.15) is 0 Å². The number of hydrogen-bond acceptors (Lipinski definition) is 3. The Morgan fingerprint density at radius 2 is 1.93 bits per heavy atom. The fourth-order valence-electron chi connectivity index (χ4n) is 3.03. The molecule has 27 heavy (non-hydrogen) atoms. The van der Waals surface area contributed by atoms with Crippen molar-refractivity contribution in [3.05, 3.63) is 65.0 Å². The summed E-state index contributed by atoms with van der Waals surface area (Å²) in [6.45, 7) is 0. The van der Waals surface area contributed by atoms with Crippen LogP contribution in [0.4, 0.5) is 13.2 Å². The number of carboxylic acids is 1. The molecule has 142 valence electrons. The van der Waals surface area contributed by atoms with Crippen molar-refractivity contribution in [2.75, 3.05) is 7.11 Å². The first kappa shape index (κ1) is 18.8. The molecule has 1 amide bonds. The van der Waals surface area contributed by atoms with Gasteiger partial charge in [0.2, 0.25) is 5.91 Å². The molecule has 0 saturated heterocycles. The summed E-state index contributed by atoms with van der Waals surface area (Å²) in [7, 11) is 1.27. The van der Waals surface area contributed by atoms with E-state index in [1.165, 1.54) is 31.4 Å². The van der Waals surface area contributed by atoms with E-state index in [2.05, 4.69) is 5.32 Å². The van der Waals surface area contributed by atoms with E-state index in [0.29, 0.717) is 0 Å². The maximum absolute atomic E-state index is 13.8. The second-order valence-electron chi connectivity index (χ2n) is 6.27. The number of methoxy groups -OCH3 is 1. The Morgan fingerprint density at radius 1 is 1.19 bits per heavy atom. The zero-order chi connectivity index (χ0) is 19.7. The van der Waals surface area contributed by atoms with Crippen LogP contribution >= 0.6 is 0 Å². The van der Waals surface area contributed by atoms with Crippen LogP contribution in [-0.4, -0.2) is 24.1 Å². The van der Waals surface area contributed by atoms with Crippen LogP contribution in [0.25, 0.3) is 0 Å². The van der Waals surface area contributed by atoms with Gasteiger partial charge in [0, 0.05) is 5.92 Å². The summed E-state index contributed by atoms with van der Waals surface area (Å²) < 4.78 is 45.8. The molecule has 3 unspecified atom stereocenters. The molecule has 0 aromatic heterocycles. The van der Waals surface area contributed by atoms with Crippen molar-refractivity contribution in [1.29, 1.82) is 0 Å². The third-order valence-electron chi connectivity index (χ3n) is 4.55. The maximum atomic E-state index is 13.8. The van der Waals surface area contributed by atoms with Gasteiger partial charge in [0.05, 0.1) is 7.11 Å².